The molecule has 41 heavy (non-hydrogen) atoms. The highest BCUT2D eigenvalue weighted by Crippen LogP contribution is 2.26. The molecule has 0 aliphatic carbocycles. The zero-order valence-electron chi connectivity index (χ0n) is 31.8. The lowest BCUT2D eigenvalue weighted by Gasteiger charge is -2.23. The first-order valence-corrected chi connectivity index (χ1v) is 15.3. The van der Waals surface area contributed by atoms with E-state index in [9.17, 15) is 0 Å². The van der Waals surface area contributed by atoms with Crippen molar-refractivity contribution in [3.63, 3.8) is 0 Å². The molecule has 0 bridgehead atoms. The van der Waals surface area contributed by atoms with Crippen molar-refractivity contribution in [2.75, 3.05) is 0 Å². The van der Waals surface area contributed by atoms with E-state index in [1.807, 2.05) is 55.4 Å². The minimum atomic E-state index is 0. The predicted molar refractivity (Wildman–Crippen MR) is 212 cm³/mol. The number of hydrogen-bond donors (Lipinski definition) is 0. The summed E-state index contributed by atoms with van der Waals surface area (Å²) in [5, 5.41) is 0. The molecule has 0 heterocycles. The van der Waals surface area contributed by atoms with Crippen molar-refractivity contribution in [3.05, 3.63) is 35.4 Å². The lowest BCUT2D eigenvalue weighted by atomic mass is 9.82. The number of benzene rings is 1. The Balaban J connectivity index is -0.0000000318. The fourth-order valence-electron chi connectivity index (χ4n) is 1.47. The highest BCUT2D eigenvalue weighted by Gasteiger charge is 2.16. The van der Waals surface area contributed by atoms with Gasteiger partial charge in [0.25, 0.3) is 0 Å². The maximum absolute atomic E-state index is 2.25. The van der Waals surface area contributed by atoms with Crippen LogP contribution in [0.3, 0.4) is 0 Å². The molecule has 0 saturated carbocycles. The van der Waals surface area contributed by atoms with Gasteiger partial charge in [0.05, 0.1) is 0 Å². The quantitative estimate of drug-likeness (QED) is 0.282. The molecule has 0 heteroatoms. The number of hydrogen-bond acceptors (Lipinski definition) is 0. The molecule has 0 aliphatic heterocycles. The average Bonchev–Trinajstić information content (AvgIpc) is 2.69. The summed E-state index contributed by atoms with van der Waals surface area (Å²) in [6.07, 6.45) is 0. The molecular weight excluding hydrogens is 492 g/mol. The smallest absolute Gasteiger partial charge is 0.0132 e. The van der Waals surface area contributed by atoms with Gasteiger partial charge in [0.15, 0.2) is 0 Å². The van der Waals surface area contributed by atoms with Crippen LogP contribution in [0.1, 0.15) is 221 Å². The minimum absolute atomic E-state index is 0. The molecule has 0 atom stereocenters. The Labute approximate surface area is 271 Å². The Morgan fingerprint density at radius 2 is 0.341 bits per heavy atom. The molecule has 1 aromatic rings. The molecule has 0 aromatic heterocycles. The lowest BCUT2D eigenvalue weighted by Crippen LogP contribution is -2.14. The Hall–Kier alpha value is -0.780. The third-order valence-electron chi connectivity index (χ3n) is 2.62. The monoisotopic (exact) mass is 591 g/mol. The van der Waals surface area contributed by atoms with Gasteiger partial charge in [0.1, 0.15) is 0 Å². The highest BCUT2D eigenvalue weighted by molar-refractivity contribution is 5.30. The van der Waals surface area contributed by atoms with Crippen molar-refractivity contribution in [2.45, 2.75) is 221 Å². The van der Waals surface area contributed by atoms with Crippen LogP contribution in [0.2, 0.25) is 0 Å². The second kappa shape index (κ2) is 37.2. The number of rotatable bonds is 0. The van der Waals surface area contributed by atoms with E-state index in [0.717, 1.165) is 0 Å². The zero-order chi connectivity index (χ0) is 32.5. The molecule has 0 fully saturated rings. The second-order valence-electron chi connectivity index (χ2n) is 15.1. The van der Waals surface area contributed by atoms with Crippen LogP contribution in [0.15, 0.2) is 24.3 Å². The van der Waals surface area contributed by atoms with Gasteiger partial charge in [-0.05, 0) is 38.2 Å². The minimum Gasteiger partial charge on any atom is -0.0776 e. The molecule has 0 nitrogen and oxygen atoms in total. The first-order chi connectivity index (χ1) is 16.2. The molecular formula is C41H98. The fraction of sp³-hybridized carbons (Fsp3) is 0.854. The fourth-order valence-corrected chi connectivity index (χ4v) is 1.47. The van der Waals surface area contributed by atoms with Crippen LogP contribution in [0.4, 0.5) is 0 Å². The highest BCUT2D eigenvalue weighted by atomic mass is 14.2. The van der Waals surface area contributed by atoms with Gasteiger partial charge in [-0.15, -0.1) is 0 Å². The molecule has 0 N–H and O–H groups in total. The van der Waals surface area contributed by atoms with Crippen molar-refractivity contribution in [1.82, 2.24) is 0 Å². The first kappa shape index (κ1) is 72.5. The van der Waals surface area contributed by atoms with Gasteiger partial charge >= 0.3 is 0 Å². The molecule has 0 radical (unpaired) electrons. The van der Waals surface area contributed by atoms with Crippen molar-refractivity contribution in [1.29, 1.82) is 0 Å². The predicted octanol–water partition coefficient (Wildman–Crippen LogP) is 17.1. The summed E-state index contributed by atoms with van der Waals surface area (Å²) in [5.74, 6) is 0. The SMILES string of the molecule is C.C.C.C.CC.CC.CC.CC.CC(C)(C)C.CC(C)(C)C.CC(C)(C)C.CC(C)(C)c1ccc(C(C)(C)C)cc1. The van der Waals surface area contributed by atoms with Crippen LogP contribution in [0.5, 0.6) is 0 Å². The van der Waals surface area contributed by atoms with E-state index >= 15 is 0 Å². The molecule has 1 aromatic carbocycles. The second-order valence-corrected chi connectivity index (χ2v) is 15.1. The van der Waals surface area contributed by atoms with Gasteiger partial charge in [-0.1, -0.05) is 234 Å². The Bertz CT molecular complexity index is 429. The standard InChI is InChI=1S/C14H22.3C5H12.4C2H6.4CH4/c1-13(2,3)11-7-9-12(10-8-11)14(4,5)6;3*1-5(2,3)4;4*1-2;;;;/h7-10H,1-6H3;3*1-4H3;4*1-2H3;4*1H4. The molecule has 262 valence electrons. The van der Waals surface area contributed by atoms with Crippen LogP contribution >= 0.6 is 0 Å². The summed E-state index contributed by atoms with van der Waals surface area (Å²) in [5.41, 5.74) is 4.84. The van der Waals surface area contributed by atoms with E-state index in [0.29, 0.717) is 16.2 Å². The largest absolute Gasteiger partial charge is 0.0776 e. The van der Waals surface area contributed by atoms with Crippen LogP contribution in [-0.4, -0.2) is 0 Å². The van der Waals surface area contributed by atoms with Gasteiger partial charge in [-0.25, -0.2) is 0 Å². The molecule has 0 spiro atoms. The van der Waals surface area contributed by atoms with Gasteiger partial charge < -0.3 is 0 Å². The van der Waals surface area contributed by atoms with Crippen LogP contribution in [0, 0.1) is 16.2 Å². The van der Waals surface area contributed by atoms with Crippen LogP contribution < -0.4 is 0 Å². The van der Waals surface area contributed by atoms with E-state index in [4.69, 9.17) is 0 Å². The normalized spacial score (nSPS) is 9.41. The topological polar surface area (TPSA) is 0 Å². The maximum atomic E-state index is 2.25. The van der Waals surface area contributed by atoms with Crippen molar-refractivity contribution in [3.8, 4) is 0 Å². The maximum Gasteiger partial charge on any atom is -0.0132 e. The Morgan fingerprint density at radius 1 is 0.268 bits per heavy atom. The summed E-state index contributed by atoms with van der Waals surface area (Å²) < 4.78 is 0. The van der Waals surface area contributed by atoms with Crippen LogP contribution in [-0.2, 0) is 10.8 Å². The summed E-state index contributed by atoms with van der Waals surface area (Å²) >= 11 is 0. The van der Waals surface area contributed by atoms with Gasteiger partial charge in [-0.3, -0.25) is 0 Å². The van der Waals surface area contributed by atoms with E-state index in [2.05, 4.69) is 149 Å². The molecule has 0 saturated heterocycles. The average molecular weight is 591 g/mol. The summed E-state index contributed by atoms with van der Waals surface area (Å²) in [7, 11) is 0. The van der Waals surface area contributed by atoms with Gasteiger partial charge in [0, 0.05) is 0 Å². The summed E-state index contributed by atoms with van der Waals surface area (Å²) in [6.45, 7) is 55.7. The van der Waals surface area contributed by atoms with Crippen molar-refractivity contribution >= 4 is 0 Å². The van der Waals surface area contributed by atoms with E-state index < -0.39 is 0 Å². The van der Waals surface area contributed by atoms with Gasteiger partial charge in [-0.2, -0.15) is 0 Å². The third-order valence-corrected chi connectivity index (χ3v) is 2.62. The van der Waals surface area contributed by atoms with E-state index in [-0.39, 0.29) is 40.5 Å². The Kier molecular flexibility index (Phi) is 65.8. The molecule has 0 amide bonds. The third kappa shape index (κ3) is 121. The summed E-state index contributed by atoms with van der Waals surface area (Å²) in [6, 6.07) is 9.00. The first-order valence-electron chi connectivity index (χ1n) is 15.3. The van der Waals surface area contributed by atoms with E-state index in [1.165, 1.54) is 11.1 Å². The lowest BCUT2D eigenvalue weighted by molar-refractivity contribution is 0.469. The molecule has 1 rings (SSSR count). The zero-order valence-corrected chi connectivity index (χ0v) is 31.8. The van der Waals surface area contributed by atoms with Gasteiger partial charge in [0.2, 0.25) is 0 Å². The van der Waals surface area contributed by atoms with Crippen LogP contribution in [0.25, 0.3) is 0 Å². The Morgan fingerprint density at radius 3 is 0.390 bits per heavy atom. The summed E-state index contributed by atoms with van der Waals surface area (Å²) in [4.78, 5) is 0. The molecule has 0 unspecified atom stereocenters. The van der Waals surface area contributed by atoms with Crippen molar-refractivity contribution in [2.24, 2.45) is 16.2 Å². The van der Waals surface area contributed by atoms with Crippen molar-refractivity contribution < 1.29 is 0 Å². The van der Waals surface area contributed by atoms with E-state index in [1.54, 1.807) is 0 Å². The molecule has 0 aliphatic rings.